The van der Waals surface area contributed by atoms with Gasteiger partial charge in [0, 0.05) is 10.0 Å². The summed E-state index contributed by atoms with van der Waals surface area (Å²) in [5, 5.41) is 2.72. The third-order valence-corrected chi connectivity index (χ3v) is 3.38. The molecule has 0 spiro atoms. The highest BCUT2D eigenvalue weighted by Gasteiger charge is 2.11. The first-order valence-electron chi connectivity index (χ1n) is 6.08. The summed E-state index contributed by atoms with van der Waals surface area (Å²) in [6.45, 7) is -1.02. The average Bonchev–Trinajstić information content (AvgIpc) is 2.42. The first-order valence-corrected chi connectivity index (χ1v) is 6.87. The van der Waals surface area contributed by atoms with Crippen LogP contribution < -0.4 is 10.1 Å². The maximum atomic E-state index is 12.2. The van der Waals surface area contributed by atoms with Crippen molar-refractivity contribution in [3.05, 3.63) is 58.1 Å². The molecule has 3 nitrogen and oxygen atoms in total. The van der Waals surface area contributed by atoms with Crippen LogP contribution in [0.4, 0.5) is 14.5 Å². The van der Waals surface area contributed by atoms with Gasteiger partial charge in [0.25, 0.3) is 5.91 Å². The van der Waals surface area contributed by atoms with Gasteiger partial charge in [-0.1, -0.05) is 12.1 Å². The molecule has 0 saturated heterocycles. The fourth-order valence-corrected chi connectivity index (χ4v) is 2.09. The minimum absolute atomic E-state index is 0.0547. The van der Waals surface area contributed by atoms with Crippen molar-refractivity contribution in [2.24, 2.45) is 0 Å². The zero-order chi connectivity index (χ0) is 15.4. The minimum atomic E-state index is -2.92. The molecule has 0 aliphatic carbocycles. The van der Waals surface area contributed by atoms with E-state index in [1.807, 2.05) is 25.1 Å². The molecule has 0 atom stereocenters. The number of anilines is 1. The summed E-state index contributed by atoms with van der Waals surface area (Å²) >= 11 is 3.34. The molecule has 1 N–H and O–H groups in total. The second-order valence-corrected chi connectivity index (χ2v) is 5.20. The number of aryl methyl sites for hydroxylation is 1. The fraction of sp³-hybridized carbons (Fsp3) is 0.133. The van der Waals surface area contributed by atoms with Crippen LogP contribution in [0.3, 0.4) is 0 Å². The maximum Gasteiger partial charge on any atom is 0.387 e. The van der Waals surface area contributed by atoms with Crippen LogP contribution in [-0.2, 0) is 0 Å². The van der Waals surface area contributed by atoms with Gasteiger partial charge in [0.1, 0.15) is 5.75 Å². The van der Waals surface area contributed by atoms with Gasteiger partial charge in [-0.25, -0.2) is 0 Å². The van der Waals surface area contributed by atoms with E-state index in [4.69, 9.17) is 0 Å². The van der Waals surface area contributed by atoms with E-state index in [9.17, 15) is 13.6 Å². The maximum absolute atomic E-state index is 12.2. The average molecular weight is 356 g/mol. The van der Waals surface area contributed by atoms with Crippen molar-refractivity contribution in [3.8, 4) is 5.75 Å². The Morgan fingerprint density at radius 3 is 2.71 bits per heavy atom. The Morgan fingerprint density at radius 1 is 1.24 bits per heavy atom. The Morgan fingerprint density at radius 2 is 2.00 bits per heavy atom. The standard InChI is InChI=1S/C15H12BrF2NO2/c1-9-5-6-12(16)13(7-9)19-14(20)10-3-2-4-11(8-10)21-15(17)18/h2-8,15H,1H3,(H,19,20). The zero-order valence-corrected chi connectivity index (χ0v) is 12.7. The molecule has 21 heavy (non-hydrogen) atoms. The molecule has 2 rings (SSSR count). The molecule has 0 bridgehead atoms. The van der Waals surface area contributed by atoms with Crippen LogP contribution in [0, 0.1) is 6.92 Å². The first-order chi connectivity index (χ1) is 9.95. The molecule has 2 aromatic carbocycles. The summed E-state index contributed by atoms with van der Waals surface area (Å²) in [6.07, 6.45) is 0. The molecule has 110 valence electrons. The minimum Gasteiger partial charge on any atom is -0.435 e. The number of ether oxygens (including phenoxy) is 1. The van der Waals surface area contributed by atoms with Crippen LogP contribution in [0.1, 0.15) is 15.9 Å². The van der Waals surface area contributed by atoms with E-state index in [2.05, 4.69) is 26.0 Å². The van der Waals surface area contributed by atoms with Gasteiger partial charge in [-0.15, -0.1) is 0 Å². The van der Waals surface area contributed by atoms with Crippen LogP contribution in [0.5, 0.6) is 5.75 Å². The predicted octanol–water partition coefficient (Wildman–Crippen LogP) is 4.61. The number of benzene rings is 2. The van der Waals surface area contributed by atoms with Crippen molar-refractivity contribution in [2.75, 3.05) is 5.32 Å². The number of alkyl halides is 2. The summed E-state index contributed by atoms with van der Waals surface area (Å²) in [5.74, 6) is -0.457. The van der Waals surface area contributed by atoms with Crippen LogP contribution in [0.25, 0.3) is 0 Å². The van der Waals surface area contributed by atoms with E-state index in [1.165, 1.54) is 24.3 Å². The molecular formula is C15H12BrF2NO2. The van der Waals surface area contributed by atoms with Crippen LogP contribution in [0.2, 0.25) is 0 Å². The number of hydrogen-bond donors (Lipinski definition) is 1. The lowest BCUT2D eigenvalue weighted by Gasteiger charge is -2.10. The summed E-state index contributed by atoms with van der Waals surface area (Å²) in [6, 6.07) is 11.2. The number of nitrogens with one attached hydrogen (secondary N) is 1. The van der Waals surface area contributed by atoms with Gasteiger partial charge in [0.05, 0.1) is 5.69 Å². The van der Waals surface area contributed by atoms with Gasteiger partial charge in [0.2, 0.25) is 0 Å². The normalized spacial score (nSPS) is 10.5. The molecule has 0 heterocycles. The third-order valence-electron chi connectivity index (χ3n) is 2.69. The van der Waals surface area contributed by atoms with Gasteiger partial charge >= 0.3 is 6.61 Å². The highest BCUT2D eigenvalue weighted by Crippen LogP contribution is 2.24. The molecular weight excluding hydrogens is 344 g/mol. The Hall–Kier alpha value is -1.95. The van der Waals surface area contributed by atoms with E-state index in [1.54, 1.807) is 0 Å². The van der Waals surface area contributed by atoms with Crippen molar-refractivity contribution in [1.82, 2.24) is 0 Å². The third kappa shape index (κ3) is 4.26. The lowest BCUT2D eigenvalue weighted by molar-refractivity contribution is -0.0498. The molecule has 0 radical (unpaired) electrons. The van der Waals surface area contributed by atoms with Gasteiger partial charge in [-0.05, 0) is 58.7 Å². The molecule has 0 saturated carbocycles. The monoisotopic (exact) mass is 355 g/mol. The Kier molecular flexibility index (Phi) is 4.90. The predicted molar refractivity (Wildman–Crippen MR) is 79.9 cm³/mol. The number of halogens is 3. The molecule has 2 aromatic rings. The van der Waals surface area contributed by atoms with Crippen molar-refractivity contribution < 1.29 is 18.3 Å². The van der Waals surface area contributed by atoms with Gasteiger partial charge in [0.15, 0.2) is 0 Å². The van der Waals surface area contributed by atoms with Gasteiger partial charge < -0.3 is 10.1 Å². The van der Waals surface area contributed by atoms with E-state index in [0.717, 1.165) is 10.0 Å². The summed E-state index contributed by atoms with van der Waals surface area (Å²) < 4.78 is 29.3. The summed E-state index contributed by atoms with van der Waals surface area (Å²) in [7, 11) is 0. The molecule has 0 unspecified atom stereocenters. The molecule has 0 aliphatic rings. The van der Waals surface area contributed by atoms with Crippen LogP contribution >= 0.6 is 15.9 Å². The number of hydrogen-bond acceptors (Lipinski definition) is 2. The SMILES string of the molecule is Cc1ccc(Br)c(NC(=O)c2cccc(OC(F)F)c2)c1. The van der Waals surface area contributed by atoms with Crippen LogP contribution in [-0.4, -0.2) is 12.5 Å². The van der Waals surface area contributed by atoms with E-state index < -0.39 is 12.5 Å². The smallest absolute Gasteiger partial charge is 0.387 e. The van der Waals surface area contributed by atoms with Gasteiger partial charge in [-0.3, -0.25) is 4.79 Å². The Balaban J connectivity index is 2.18. The van der Waals surface area contributed by atoms with E-state index in [0.29, 0.717) is 5.69 Å². The lowest BCUT2D eigenvalue weighted by Crippen LogP contribution is -2.13. The molecule has 0 aliphatic heterocycles. The number of carbonyl (C=O) groups is 1. The van der Waals surface area contributed by atoms with E-state index in [-0.39, 0.29) is 11.3 Å². The second kappa shape index (κ2) is 6.67. The summed E-state index contributed by atoms with van der Waals surface area (Å²) in [4.78, 5) is 12.1. The molecule has 0 fully saturated rings. The zero-order valence-electron chi connectivity index (χ0n) is 11.1. The highest BCUT2D eigenvalue weighted by molar-refractivity contribution is 9.10. The van der Waals surface area contributed by atoms with Crippen molar-refractivity contribution in [1.29, 1.82) is 0 Å². The first kappa shape index (κ1) is 15.4. The van der Waals surface area contributed by atoms with Crippen molar-refractivity contribution in [3.63, 3.8) is 0 Å². The van der Waals surface area contributed by atoms with Crippen molar-refractivity contribution >= 4 is 27.5 Å². The van der Waals surface area contributed by atoms with E-state index >= 15 is 0 Å². The Bertz CT molecular complexity index is 662. The topological polar surface area (TPSA) is 38.3 Å². The molecule has 6 heteroatoms. The number of amides is 1. The number of rotatable bonds is 4. The van der Waals surface area contributed by atoms with Crippen molar-refractivity contribution in [2.45, 2.75) is 13.5 Å². The van der Waals surface area contributed by atoms with Gasteiger partial charge in [-0.2, -0.15) is 8.78 Å². The fourth-order valence-electron chi connectivity index (χ4n) is 1.74. The highest BCUT2D eigenvalue weighted by atomic mass is 79.9. The number of carbonyl (C=O) groups excluding carboxylic acids is 1. The quantitative estimate of drug-likeness (QED) is 0.869. The summed E-state index contributed by atoms with van der Waals surface area (Å²) in [5.41, 5.74) is 1.84. The largest absolute Gasteiger partial charge is 0.435 e. The van der Waals surface area contributed by atoms with Crippen LogP contribution in [0.15, 0.2) is 46.9 Å². The molecule has 1 amide bonds. The Labute approximate surface area is 129 Å². The lowest BCUT2D eigenvalue weighted by atomic mass is 10.2. The second-order valence-electron chi connectivity index (χ2n) is 4.34. The molecule has 0 aromatic heterocycles.